The lowest BCUT2D eigenvalue weighted by atomic mass is 9.90. The quantitative estimate of drug-likeness (QED) is 0.709. The lowest BCUT2D eigenvalue weighted by molar-refractivity contribution is -0.137. The topological polar surface area (TPSA) is 59.4 Å². The number of carbonyl (C=O) groups is 1. The van der Waals surface area contributed by atoms with E-state index in [-0.39, 0.29) is 11.9 Å². The summed E-state index contributed by atoms with van der Waals surface area (Å²) in [6, 6.07) is 5.39. The van der Waals surface area contributed by atoms with Crippen LogP contribution in [0.1, 0.15) is 53.1 Å². The second kappa shape index (κ2) is 9.85. The maximum absolute atomic E-state index is 13.3. The van der Waals surface area contributed by atoms with Crippen molar-refractivity contribution in [2.24, 2.45) is 5.92 Å². The number of alkyl halides is 3. The summed E-state index contributed by atoms with van der Waals surface area (Å²) in [5.74, 6) is 0.372. The highest BCUT2D eigenvalue weighted by Gasteiger charge is 2.32. The summed E-state index contributed by atoms with van der Waals surface area (Å²) in [5.41, 5.74) is 2.83. The highest BCUT2D eigenvalue weighted by Crippen LogP contribution is 2.30. The molecule has 2 aromatic rings. The van der Waals surface area contributed by atoms with Crippen molar-refractivity contribution >= 4 is 5.91 Å². The van der Waals surface area contributed by atoms with E-state index in [1.807, 2.05) is 9.58 Å². The molecule has 0 bridgehead atoms. The molecule has 33 heavy (non-hydrogen) atoms. The van der Waals surface area contributed by atoms with Crippen molar-refractivity contribution < 1.29 is 22.7 Å². The number of fused-ring (bicyclic) bond motifs is 1. The zero-order chi connectivity index (χ0) is 23.6. The van der Waals surface area contributed by atoms with Crippen molar-refractivity contribution in [1.29, 1.82) is 0 Å². The van der Waals surface area contributed by atoms with Gasteiger partial charge >= 0.3 is 6.18 Å². The number of hydrogen-bond donors (Lipinski definition) is 1. The normalized spacial score (nSPS) is 19.1. The molecule has 1 atom stereocenters. The van der Waals surface area contributed by atoms with Crippen LogP contribution >= 0.6 is 0 Å². The fourth-order valence-corrected chi connectivity index (χ4v) is 4.52. The Kier molecular flexibility index (Phi) is 7.09. The number of nitrogens with one attached hydrogen (secondary N) is 1. The van der Waals surface area contributed by atoms with Gasteiger partial charge in [0.25, 0.3) is 5.91 Å². The Hall–Kier alpha value is -2.39. The minimum absolute atomic E-state index is 0.0413. The molecule has 1 aliphatic heterocycles. The predicted octanol–water partition coefficient (Wildman–Crippen LogP) is 3.68. The highest BCUT2D eigenvalue weighted by atomic mass is 19.4. The van der Waals surface area contributed by atoms with E-state index in [0.29, 0.717) is 50.9 Å². The van der Waals surface area contributed by atoms with Gasteiger partial charge < -0.3 is 15.0 Å². The molecule has 2 heterocycles. The molecular formula is C24H31F3N4O2. The van der Waals surface area contributed by atoms with Crippen LogP contribution in [0.2, 0.25) is 0 Å². The number of hydrogen-bond acceptors (Lipinski definition) is 4. The first-order chi connectivity index (χ1) is 15.7. The summed E-state index contributed by atoms with van der Waals surface area (Å²) in [7, 11) is 0. The Morgan fingerprint density at radius 2 is 1.91 bits per heavy atom. The molecule has 1 aromatic carbocycles. The van der Waals surface area contributed by atoms with Gasteiger partial charge in [0, 0.05) is 43.5 Å². The predicted molar refractivity (Wildman–Crippen MR) is 118 cm³/mol. The number of nitrogens with zero attached hydrogens (tertiary/aromatic N) is 3. The van der Waals surface area contributed by atoms with Gasteiger partial charge in [0.05, 0.1) is 18.8 Å². The molecule has 0 saturated carbocycles. The first kappa shape index (κ1) is 23.8. The van der Waals surface area contributed by atoms with Crippen LogP contribution in [0.4, 0.5) is 13.2 Å². The molecule has 6 nitrogen and oxygen atoms in total. The van der Waals surface area contributed by atoms with E-state index >= 15 is 0 Å². The van der Waals surface area contributed by atoms with Crippen molar-refractivity contribution in [3.63, 3.8) is 0 Å². The molecule has 0 unspecified atom stereocenters. The van der Waals surface area contributed by atoms with Gasteiger partial charge in [-0.2, -0.15) is 18.3 Å². The van der Waals surface area contributed by atoms with Gasteiger partial charge in [-0.1, -0.05) is 26.0 Å². The molecule has 4 rings (SSSR count). The molecule has 1 amide bonds. The zero-order valence-corrected chi connectivity index (χ0v) is 19.1. The van der Waals surface area contributed by atoms with E-state index in [2.05, 4.69) is 19.2 Å². The smallest absolute Gasteiger partial charge is 0.378 e. The fourth-order valence-electron chi connectivity index (χ4n) is 4.52. The zero-order valence-electron chi connectivity index (χ0n) is 19.1. The number of morpholine rings is 1. The van der Waals surface area contributed by atoms with Crippen molar-refractivity contribution in [3.05, 3.63) is 52.3 Å². The molecule has 1 saturated heterocycles. The van der Waals surface area contributed by atoms with Crippen molar-refractivity contribution in [2.75, 3.05) is 26.3 Å². The van der Waals surface area contributed by atoms with Crippen molar-refractivity contribution in [3.8, 4) is 0 Å². The maximum Gasteiger partial charge on any atom is 0.416 e. The Balaban J connectivity index is 1.48. The summed E-state index contributed by atoms with van der Waals surface area (Å²) in [6.07, 6.45) is -1.94. The van der Waals surface area contributed by atoms with E-state index in [1.54, 1.807) is 0 Å². The van der Waals surface area contributed by atoms with E-state index in [0.717, 1.165) is 48.3 Å². The van der Waals surface area contributed by atoms with Crippen LogP contribution in [-0.4, -0.2) is 52.9 Å². The molecule has 1 aliphatic carbocycles. The first-order valence-corrected chi connectivity index (χ1v) is 11.6. The molecule has 1 N–H and O–H groups in total. The number of amides is 1. The number of benzene rings is 1. The van der Waals surface area contributed by atoms with Crippen LogP contribution in [0.25, 0.3) is 0 Å². The second-order valence-electron chi connectivity index (χ2n) is 9.27. The van der Waals surface area contributed by atoms with E-state index in [1.165, 1.54) is 12.1 Å². The number of rotatable bonds is 6. The molecule has 0 radical (unpaired) electrons. The summed E-state index contributed by atoms with van der Waals surface area (Å²) in [4.78, 5) is 15.1. The van der Waals surface area contributed by atoms with Gasteiger partial charge in [0.2, 0.25) is 0 Å². The maximum atomic E-state index is 13.3. The largest absolute Gasteiger partial charge is 0.416 e. The van der Waals surface area contributed by atoms with Crippen LogP contribution in [0.3, 0.4) is 0 Å². The van der Waals surface area contributed by atoms with Crippen LogP contribution < -0.4 is 5.32 Å². The molecule has 2 aliphatic rings. The van der Waals surface area contributed by atoms with Gasteiger partial charge in [-0.15, -0.1) is 0 Å². The Morgan fingerprint density at radius 1 is 1.21 bits per heavy atom. The number of carbonyl (C=O) groups excluding carboxylic acids is 1. The monoisotopic (exact) mass is 464 g/mol. The first-order valence-electron chi connectivity index (χ1n) is 11.6. The summed E-state index contributed by atoms with van der Waals surface area (Å²) in [5, 5.41) is 8.21. The Morgan fingerprint density at radius 3 is 2.55 bits per heavy atom. The van der Waals surface area contributed by atoms with Gasteiger partial charge in [-0.05, 0) is 42.9 Å². The van der Waals surface area contributed by atoms with Crippen LogP contribution in [-0.2, 0) is 36.8 Å². The lowest BCUT2D eigenvalue weighted by Crippen LogP contribution is -2.41. The van der Waals surface area contributed by atoms with Crippen LogP contribution in [0.15, 0.2) is 24.3 Å². The second-order valence-corrected chi connectivity index (χ2v) is 9.27. The molecule has 9 heteroatoms. The van der Waals surface area contributed by atoms with Gasteiger partial charge in [-0.3, -0.25) is 9.48 Å². The molecule has 1 fully saturated rings. The lowest BCUT2D eigenvalue weighted by Gasteiger charge is -2.28. The summed E-state index contributed by atoms with van der Waals surface area (Å²) >= 11 is 0. The van der Waals surface area contributed by atoms with Crippen LogP contribution in [0.5, 0.6) is 0 Å². The molecule has 180 valence electrons. The standard InChI is InChI=1S/C24H31F3N4O2/c1-16(2)15-31-21-8-7-19(28-14-17-3-5-18(6-4-17)24(25,26)27)13-20(21)22(29-31)23(32)30-9-11-33-12-10-30/h3-6,16,19,28H,7-15H2,1-2H3/t19-/m0/s1. The molecular weight excluding hydrogens is 433 g/mol. The average Bonchev–Trinajstić information content (AvgIpc) is 3.14. The minimum atomic E-state index is -4.33. The van der Waals surface area contributed by atoms with E-state index in [9.17, 15) is 18.0 Å². The minimum Gasteiger partial charge on any atom is -0.378 e. The van der Waals surface area contributed by atoms with Gasteiger partial charge in [0.1, 0.15) is 0 Å². The summed E-state index contributed by atoms with van der Waals surface area (Å²) in [6.45, 7) is 7.73. The third-order valence-electron chi connectivity index (χ3n) is 6.26. The van der Waals surface area contributed by atoms with Crippen LogP contribution in [0, 0.1) is 5.92 Å². The molecule has 0 spiro atoms. The van der Waals surface area contributed by atoms with Gasteiger partial charge in [-0.25, -0.2) is 0 Å². The van der Waals surface area contributed by atoms with E-state index in [4.69, 9.17) is 9.84 Å². The number of aromatic nitrogens is 2. The van der Waals surface area contributed by atoms with Crippen molar-refractivity contribution in [1.82, 2.24) is 20.0 Å². The SMILES string of the molecule is CC(C)Cn1nc(C(=O)N2CCOCC2)c2c1CC[C@H](NCc1ccc(C(F)(F)F)cc1)C2. The number of halogens is 3. The Bertz CT molecular complexity index is 963. The third kappa shape index (κ3) is 5.58. The van der Waals surface area contributed by atoms with Crippen molar-refractivity contribution in [2.45, 2.75) is 58.4 Å². The van der Waals surface area contributed by atoms with E-state index < -0.39 is 11.7 Å². The molecule has 1 aromatic heterocycles. The van der Waals surface area contributed by atoms with Gasteiger partial charge in [0.15, 0.2) is 5.69 Å². The average molecular weight is 465 g/mol. The third-order valence-corrected chi connectivity index (χ3v) is 6.26. The summed E-state index contributed by atoms with van der Waals surface area (Å²) < 4.78 is 45.8. The number of ether oxygens (including phenoxy) is 1. The Labute approximate surface area is 192 Å². The fraction of sp³-hybridized carbons (Fsp3) is 0.583. The highest BCUT2D eigenvalue weighted by molar-refractivity contribution is 5.94.